The summed E-state index contributed by atoms with van der Waals surface area (Å²) in [7, 11) is -4.03. The van der Waals surface area contributed by atoms with E-state index in [-0.39, 0.29) is 23.4 Å². The molecule has 2 amide bonds. The Kier molecular flexibility index (Phi) is 9.25. The van der Waals surface area contributed by atoms with Crippen molar-refractivity contribution in [2.75, 3.05) is 17.4 Å². The van der Waals surface area contributed by atoms with Crippen molar-refractivity contribution in [1.82, 2.24) is 10.2 Å². The van der Waals surface area contributed by atoms with Gasteiger partial charge in [0.2, 0.25) is 11.8 Å². The van der Waals surface area contributed by atoms with E-state index in [1.807, 2.05) is 44.2 Å². The molecule has 0 aliphatic rings. The van der Waals surface area contributed by atoms with Gasteiger partial charge in [-0.2, -0.15) is 0 Å². The van der Waals surface area contributed by atoms with E-state index >= 15 is 0 Å². The maximum atomic E-state index is 13.7. The van der Waals surface area contributed by atoms with Crippen LogP contribution >= 0.6 is 0 Å². The molecular formula is C28H33N3O4S. The fourth-order valence-electron chi connectivity index (χ4n) is 3.82. The molecule has 0 spiro atoms. The summed E-state index contributed by atoms with van der Waals surface area (Å²) in [4.78, 5) is 28.1. The lowest BCUT2D eigenvalue weighted by Crippen LogP contribution is -2.53. The number of nitrogens with zero attached hydrogens (tertiary/aromatic N) is 2. The Hall–Kier alpha value is -3.65. The van der Waals surface area contributed by atoms with Gasteiger partial charge in [-0.15, -0.1) is 0 Å². The number of benzene rings is 3. The van der Waals surface area contributed by atoms with E-state index in [9.17, 15) is 18.0 Å². The second-order valence-corrected chi connectivity index (χ2v) is 10.7. The molecule has 8 heteroatoms. The van der Waals surface area contributed by atoms with Crippen LogP contribution in [0.5, 0.6) is 0 Å². The first-order valence-electron chi connectivity index (χ1n) is 12.0. The van der Waals surface area contributed by atoms with Gasteiger partial charge in [-0.05, 0) is 57.0 Å². The summed E-state index contributed by atoms with van der Waals surface area (Å²) >= 11 is 0. The Bertz CT molecular complexity index is 1230. The molecular weight excluding hydrogens is 474 g/mol. The molecule has 3 aromatic carbocycles. The van der Waals surface area contributed by atoms with Crippen molar-refractivity contribution in [2.24, 2.45) is 0 Å². The van der Waals surface area contributed by atoms with Crippen molar-refractivity contribution in [3.05, 3.63) is 96.6 Å². The van der Waals surface area contributed by atoms with Gasteiger partial charge in [0.05, 0.1) is 10.6 Å². The van der Waals surface area contributed by atoms with Crippen LogP contribution in [0.25, 0.3) is 0 Å². The lowest BCUT2D eigenvalue weighted by Gasteiger charge is -2.32. The average molecular weight is 508 g/mol. The number of carbonyl (C=O) groups is 2. The molecule has 0 heterocycles. The lowest BCUT2D eigenvalue weighted by molar-refractivity contribution is -0.139. The molecule has 3 aromatic rings. The number of rotatable bonds is 11. The summed E-state index contributed by atoms with van der Waals surface area (Å²) in [5.74, 6) is -0.746. The standard InChI is InChI=1S/C28H33N3O4S/c1-22(2)29-28(33)23(3)30(20-19-24-13-7-4-8-14-24)27(32)21-31(25-15-9-5-10-16-25)36(34,35)26-17-11-6-12-18-26/h4-18,22-23H,19-21H2,1-3H3,(H,29,33). The zero-order valence-corrected chi connectivity index (χ0v) is 21.7. The number of nitrogens with one attached hydrogen (secondary N) is 1. The maximum absolute atomic E-state index is 13.7. The molecule has 0 aliphatic heterocycles. The SMILES string of the molecule is CC(C)NC(=O)C(C)N(CCc1ccccc1)C(=O)CN(c1ccccc1)S(=O)(=O)c1ccccc1. The Labute approximate surface area is 213 Å². The van der Waals surface area contributed by atoms with Crippen LogP contribution in [0.3, 0.4) is 0 Å². The molecule has 0 saturated heterocycles. The summed E-state index contributed by atoms with van der Waals surface area (Å²) in [5, 5.41) is 2.85. The molecule has 0 aromatic heterocycles. The highest BCUT2D eigenvalue weighted by atomic mass is 32.2. The molecule has 1 N–H and O–H groups in total. The summed E-state index contributed by atoms with van der Waals surface area (Å²) < 4.78 is 28.3. The molecule has 0 fully saturated rings. The minimum Gasteiger partial charge on any atom is -0.352 e. The third kappa shape index (κ3) is 6.95. The third-order valence-electron chi connectivity index (χ3n) is 5.74. The van der Waals surface area contributed by atoms with Crippen molar-refractivity contribution in [2.45, 2.75) is 44.2 Å². The smallest absolute Gasteiger partial charge is 0.264 e. The normalized spacial score (nSPS) is 12.1. The average Bonchev–Trinajstić information content (AvgIpc) is 2.88. The minimum absolute atomic E-state index is 0.0862. The van der Waals surface area contributed by atoms with Crippen LogP contribution in [0.2, 0.25) is 0 Å². The van der Waals surface area contributed by atoms with E-state index in [4.69, 9.17) is 0 Å². The highest BCUT2D eigenvalue weighted by molar-refractivity contribution is 7.92. The van der Waals surface area contributed by atoms with Gasteiger partial charge in [-0.1, -0.05) is 66.7 Å². The number of anilines is 1. The third-order valence-corrected chi connectivity index (χ3v) is 7.52. The summed E-state index contributed by atoms with van der Waals surface area (Å²) in [6, 6.07) is 25.3. The monoisotopic (exact) mass is 507 g/mol. The van der Waals surface area contributed by atoms with Crippen molar-refractivity contribution in [3.63, 3.8) is 0 Å². The number of hydrogen-bond donors (Lipinski definition) is 1. The van der Waals surface area contributed by atoms with Gasteiger partial charge in [0, 0.05) is 12.6 Å². The van der Waals surface area contributed by atoms with Crippen LogP contribution in [-0.2, 0) is 26.0 Å². The Morgan fingerprint density at radius 3 is 1.89 bits per heavy atom. The second-order valence-electron chi connectivity index (χ2n) is 8.82. The van der Waals surface area contributed by atoms with Crippen molar-refractivity contribution in [1.29, 1.82) is 0 Å². The maximum Gasteiger partial charge on any atom is 0.264 e. The molecule has 0 aliphatic carbocycles. The van der Waals surface area contributed by atoms with E-state index < -0.39 is 28.5 Å². The van der Waals surface area contributed by atoms with Crippen molar-refractivity contribution in [3.8, 4) is 0 Å². The molecule has 0 saturated carbocycles. The summed E-state index contributed by atoms with van der Waals surface area (Å²) in [5.41, 5.74) is 1.39. The van der Waals surface area contributed by atoms with Gasteiger partial charge in [-0.25, -0.2) is 8.42 Å². The second kappa shape index (κ2) is 12.4. The quantitative estimate of drug-likeness (QED) is 0.427. The van der Waals surface area contributed by atoms with Gasteiger partial charge in [0.1, 0.15) is 12.6 Å². The topological polar surface area (TPSA) is 86.8 Å². The molecule has 1 atom stereocenters. The lowest BCUT2D eigenvalue weighted by atomic mass is 10.1. The molecule has 7 nitrogen and oxygen atoms in total. The van der Waals surface area contributed by atoms with Gasteiger partial charge >= 0.3 is 0 Å². The van der Waals surface area contributed by atoms with Gasteiger partial charge in [0.15, 0.2) is 0 Å². The Morgan fingerprint density at radius 2 is 1.33 bits per heavy atom. The molecule has 1 unspecified atom stereocenters. The zero-order chi connectivity index (χ0) is 26.1. The largest absolute Gasteiger partial charge is 0.352 e. The molecule has 0 radical (unpaired) electrons. The predicted molar refractivity (Wildman–Crippen MR) is 142 cm³/mol. The zero-order valence-electron chi connectivity index (χ0n) is 20.9. The predicted octanol–water partition coefficient (Wildman–Crippen LogP) is 3.87. The van der Waals surface area contributed by atoms with Gasteiger partial charge < -0.3 is 10.2 Å². The van der Waals surface area contributed by atoms with E-state index in [2.05, 4.69) is 5.32 Å². The number of carbonyl (C=O) groups excluding carboxylic acids is 2. The highest BCUT2D eigenvalue weighted by Gasteiger charge is 2.32. The fraction of sp³-hybridized carbons (Fsp3) is 0.286. The van der Waals surface area contributed by atoms with Crippen LogP contribution < -0.4 is 9.62 Å². The number of amides is 2. The van der Waals surface area contributed by atoms with E-state index in [1.165, 1.54) is 17.0 Å². The number of para-hydroxylation sites is 1. The first-order chi connectivity index (χ1) is 17.2. The van der Waals surface area contributed by atoms with E-state index in [0.29, 0.717) is 12.1 Å². The first kappa shape index (κ1) is 26.9. The van der Waals surface area contributed by atoms with E-state index in [0.717, 1.165) is 9.87 Å². The van der Waals surface area contributed by atoms with Crippen LogP contribution in [0, 0.1) is 0 Å². The van der Waals surface area contributed by atoms with Crippen molar-refractivity contribution >= 4 is 27.5 Å². The van der Waals surface area contributed by atoms with Crippen LogP contribution in [-0.4, -0.2) is 50.3 Å². The van der Waals surface area contributed by atoms with Crippen LogP contribution in [0.15, 0.2) is 95.9 Å². The Morgan fingerprint density at radius 1 is 0.806 bits per heavy atom. The van der Waals surface area contributed by atoms with Crippen LogP contribution in [0.4, 0.5) is 5.69 Å². The molecule has 3 rings (SSSR count). The Balaban J connectivity index is 1.93. The molecule has 190 valence electrons. The van der Waals surface area contributed by atoms with E-state index in [1.54, 1.807) is 55.5 Å². The van der Waals surface area contributed by atoms with Gasteiger partial charge in [0.25, 0.3) is 10.0 Å². The summed E-state index contributed by atoms with van der Waals surface area (Å²) in [6.45, 7) is 5.20. The first-order valence-corrected chi connectivity index (χ1v) is 13.4. The minimum atomic E-state index is -4.03. The van der Waals surface area contributed by atoms with Gasteiger partial charge in [-0.3, -0.25) is 13.9 Å². The highest BCUT2D eigenvalue weighted by Crippen LogP contribution is 2.24. The fourth-order valence-corrected chi connectivity index (χ4v) is 5.25. The number of hydrogen-bond acceptors (Lipinski definition) is 4. The number of sulfonamides is 1. The summed E-state index contributed by atoms with van der Waals surface area (Å²) in [6.07, 6.45) is 0.530. The molecule has 36 heavy (non-hydrogen) atoms. The van der Waals surface area contributed by atoms with Crippen LogP contribution in [0.1, 0.15) is 26.3 Å². The van der Waals surface area contributed by atoms with Crippen molar-refractivity contribution < 1.29 is 18.0 Å². The molecule has 0 bridgehead atoms.